The molecule has 128 valence electrons. The highest BCUT2D eigenvalue weighted by atomic mass is 19.1. The molecular weight excluding hydrogens is 309 g/mol. The van der Waals surface area contributed by atoms with Crippen LogP contribution in [0.1, 0.15) is 36.2 Å². The Hall–Kier alpha value is -2.21. The van der Waals surface area contributed by atoms with Crippen LogP contribution in [0.2, 0.25) is 0 Å². The van der Waals surface area contributed by atoms with Crippen molar-refractivity contribution in [2.45, 2.75) is 31.7 Å². The van der Waals surface area contributed by atoms with Crippen LogP contribution in [0.4, 0.5) is 4.39 Å². The van der Waals surface area contributed by atoms with Crippen LogP contribution in [0.3, 0.4) is 0 Å². The van der Waals surface area contributed by atoms with Gasteiger partial charge in [0.05, 0.1) is 5.69 Å². The number of amides is 1. The first-order chi connectivity index (χ1) is 11.6. The Kier molecular flexibility index (Phi) is 4.94. The van der Waals surface area contributed by atoms with Gasteiger partial charge in [-0.3, -0.25) is 4.79 Å². The average molecular weight is 331 g/mol. The van der Waals surface area contributed by atoms with Crippen LogP contribution in [0, 0.1) is 11.7 Å². The number of hydrogen-bond donors (Lipinski definition) is 1. The summed E-state index contributed by atoms with van der Waals surface area (Å²) >= 11 is 0. The van der Waals surface area contributed by atoms with Crippen molar-refractivity contribution in [3.8, 4) is 5.69 Å². The Labute approximate surface area is 140 Å². The smallest absolute Gasteiger partial charge is 0.274 e. The second kappa shape index (κ2) is 7.13. The minimum absolute atomic E-state index is 0.127. The van der Waals surface area contributed by atoms with Crippen LogP contribution in [-0.2, 0) is 0 Å². The highest BCUT2D eigenvalue weighted by Crippen LogP contribution is 2.27. The lowest BCUT2D eigenvalue weighted by atomic mass is 9.86. The van der Waals surface area contributed by atoms with Crippen LogP contribution < -0.4 is 0 Å². The summed E-state index contributed by atoms with van der Waals surface area (Å²) in [5.41, 5.74) is 0.936. The van der Waals surface area contributed by atoms with Gasteiger partial charge in [0.15, 0.2) is 5.69 Å². The third-order valence-corrected chi connectivity index (χ3v) is 4.82. The van der Waals surface area contributed by atoms with Gasteiger partial charge in [-0.1, -0.05) is 6.07 Å². The molecule has 1 aliphatic rings. The van der Waals surface area contributed by atoms with E-state index in [0.29, 0.717) is 17.3 Å². The van der Waals surface area contributed by atoms with Gasteiger partial charge in [-0.15, -0.1) is 0 Å². The zero-order chi connectivity index (χ0) is 17.1. The number of benzene rings is 1. The zero-order valence-electron chi connectivity index (χ0n) is 13.7. The van der Waals surface area contributed by atoms with Gasteiger partial charge in [-0.05, 0) is 55.9 Å². The number of carbonyl (C=O) groups is 1. The van der Waals surface area contributed by atoms with Crippen molar-refractivity contribution in [2.24, 2.45) is 5.92 Å². The van der Waals surface area contributed by atoms with Crippen molar-refractivity contribution < 1.29 is 14.3 Å². The lowest BCUT2D eigenvalue weighted by molar-refractivity contribution is 0.0646. The van der Waals surface area contributed by atoms with Crippen LogP contribution >= 0.6 is 0 Å². The largest absolute Gasteiger partial charge is 0.396 e. The van der Waals surface area contributed by atoms with Gasteiger partial charge in [-0.2, -0.15) is 5.10 Å². The summed E-state index contributed by atoms with van der Waals surface area (Å²) in [7, 11) is 1.80. The van der Waals surface area contributed by atoms with E-state index in [4.69, 9.17) is 0 Å². The predicted molar refractivity (Wildman–Crippen MR) is 88.4 cm³/mol. The first-order valence-electron chi connectivity index (χ1n) is 8.28. The minimum atomic E-state index is -0.339. The molecule has 1 N–H and O–H groups in total. The monoisotopic (exact) mass is 331 g/mol. The second-order valence-electron chi connectivity index (χ2n) is 6.40. The third-order valence-electron chi connectivity index (χ3n) is 4.82. The van der Waals surface area contributed by atoms with Crippen LogP contribution in [0.5, 0.6) is 0 Å². The molecule has 3 rings (SSSR count). The quantitative estimate of drug-likeness (QED) is 0.937. The Morgan fingerprint density at radius 3 is 2.75 bits per heavy atom. The van der Waals surface area contributed by atoms with Crippen LogP contribution in [0.15, 0.2) is 36.5 Å². The van der Waals surface area contributed by atoms with Gasteiger partial charge in [0.2, 0.25) is 0 Å². The maximum absolute atomic E-state index is 13.3. The fourth-order valence-corrected chi connectivity index (χ4v) is 3.26. The molecule has 1 aliphatic carbocycles. The number of aliphatic hydroxyl groups is 1. The summed E-state index contributed by atoms with van der Waals surface area (Å²) in [4.78, 5) is 14.4. The van der Waals surface area contributed by atoms with Crippen molar-refractivity contribution in [2.75, 3.05) is 13.7 Å². The van der Waals surface area contributed by atoms with Crippen molar-refractivity contribution in [3.05, 3.63) is 48.0 Å². The van der Waals surface area contributed by atoms with E-state index in [-0.39, 0.29) is 24.4 Å². The van der Waals surface area contributed by atoms with Crippen LogP contribution in [-0.4, -0.2) is 45.4 Å². The fraction of sp³-hybridized carbons (Fsp3) is 0.444. The van der Waals surface area contributed by atoms with Crippen molar-refractivity contribution in [1.82, 2.24) is 14.7 Å². The molecule has 24 heavy (non-hydrogen) atoms. The number of aliphatic hydroxyl groups excluding tert-OH is 1. The van der Waals surface area contributed by atoms with E-state index in [1.54, 1.807) is 36.3 Å². The maximum atomic E-state index is 13.3. The first kappa shape index (κ1) is 16.6. The highest BCUT2D eigenvalue weighted by molar-refractivity contribution is 5.92. The van der Waals surface area contributed by atoms with Gasteiger partial charge in [0.1, 0.15) is 5.82 Å². The van der Waals surface area contributed by atoms with Gasteiger partial charge < -0.3 is 10.0 Å². The molecule has 1 fully saturated rings. The molecule has 5 nitrogen and oxygen atoms in total. The van der Waals surface area contributed by atoms with E-state index in [9.17, 15) is 14.3 Å². The molecule has 0 aliphatic heterocycles. The van der Waals surface area contributed by atoms with Crippen molar-refractivity contribution >= 4 is 5.91 Å². The van der Waals surface area contributed by atoms with E-state index >= 15 is 0 Å². The molecule has 0 spiro atoms. The van der Waals surface area contributed by atoms with Gasteiger partial charge in [0, 0.05) is 25.9 Å². The van der Waals surface area contributed by atoms with Gasteiger partial charge in [0.25, 0.3) is 5.91 Å². The number of halogens is 1. The Morgan fingerprint density at radius 2 is 2.08 bits per heavy atom. The summed E-state index contributed by atoms with van der Waals surface area (Å²) in [6, 6.07) is 7.93. The Bertz CT molecular complexity index is 708. The zero-order valence-corrected chi connectivity index (χ0v) is 13.7. The highest BCUT2D eigenvalue weighted by Gasteiger charge is 2.27. The molecule has 0 radical (unpaired) electrons. The van der Waals surface area contributed by atoms with Gasteiger partial charge >= 0.3 is 0 Å². The summed E-state index contributed by atoms with van der Waals surface area (Å²) in [5, 5.41) is 13.5. The molecule has 0 unspecified atom stereocenters. The lowest BCUT2D eigenvalue weighted by Crippen LogP contribution is -2.40. The van der Waals surface area contributed by atoms with Crippen LogP contribution in [0.25, 0.3) is 5.69 Å². The lowest BCUT2D eigenvalue weighted by Gasteiger charge is -2.33. The molecule has 1 heterocycles. The normalized spacial score (nSPS) is 20.8. The topological polar surface area (TPSA) is 58.4 Å². The average Bonchev–Trinajstić information content (AvgIpc) is 3.10. The van der Waals surface area contributed by atoms with E-state index < -0.39 is 0 Å². The third kappa shape index (κ3) is 3.48. The number of nitrogens with zero attached hydrogens (tertiary/aromatic N) is 3. The molecular formula is C18H22FN3O2. The summed E-state index contributed by atoms with van der Waals surface area (Å²) in [6.07, 6.45) is 5.35. The maximum Gasteiger partial charge on any atom is 0.274 e. The molecule has 0 bridgehead atoms. The molecule has 0 saturated heterocycles. The number of hydrogen-bond acceptors (Lipinski definition) is 3. The van der Waals surface area contributed by atoms with Crippen molar-refractivity contribution in [1.29, 1.82) is 0 Å². The standard InChI is InChI=1S/C18H22FN3O2/c1-21(15-7-5-13(12-23)6-8-15)18(24)17-9-10-22(20-17)16-4-2-3-14(19)11-16/h2-4,9-11,13,15,23H,5-8,12H2,1H3. The summed E-state index contributed by atoms with van der Waals surface area (Å²) in [5.74, 6) is -0.108. The van der Waals surface area contributed by atoms with Gasteiger partial charge in [-0.25, -0.2) is 9.07 Å². The van der Waals surface area contributed by atoms with E-state index in [0.717, 1.165) is 25.7 Å². The molecule has 1 aromatic heterocycles. The molecule has 1 amide bonds. The second-order valence-corrected chi connectivity index (χ2v) is 6.40. The fourth-order valence-electron chi connectivity index (χ4n) is 3.26. The molecule has 1 saturated carbocycles. The van der Waals surface area contributed by atoms with Crippen molar-refractivity contribution in [3.63, 3.8) is 0 Å². The van der Waals surface area contributed by atoms with E-state index in [1.807, 2.05) is 0 Å². The van der Waals surface area contributed by atoms with E-state index in [1.165, 1.54) is 16.8 Å². The van der Waals surface area contributed by atoms with E-state index in [2.05, 4.69) is 5.10 Å². The first-order valence-corrected chi connectivity index (χ1v) is 8.28. The predicted octanol–water partition coefficient (Wildman–Crippen LogP) is 2.63. The molecule has 2 aromatic rings. The molecule has 6 heteroatoms. The minimum Gasteiger partial charge on any atom is -0.396 e. The Balaban J connectivity index is 1.69. The Morgan fingerprint density at radius 1 is 1.33 bits per heavy atom. The SMILES string of the molecule is CN(C(=O)c1ccn(-c2cccc(F)c2)n1)C1CCC(CO)CC1. The number of rotatable bonds is 4. The summed E-state index contributed by atoms with van der Waals surface area (Å²) < 4.78 is 14.8. The molecule has 0 atom stereocenters. The summed E-state index contributed by atoms with van der Waals surface area (Å²) in [6.45, 7) is 0.225. The molecule has 1 aromatic carbocycles. The number of carbonyl (C=O) groups excluding carboxylic acids is 1. The number of aromatic nitrogens is 2.